The molecule has 0 spiro atoms. The largest absolute Gasteiger partial charge is 0.484 e. The first-order valence-corrected chi connectivity index (χ1v) is 8.80. The van der Waals surface area contributed by atoms with Crippen LogP contribution in [0.1, 0.15) is 12.5 Å². The molecular weight excluding hydrogens is 375 g/mol. The van der Waals surface area contributed by atoms with Gasteiger partial charge < -0.3 is 15.0 Å². The normalized spacial score (nSPS) is 11.5. The Morgan fingerprint density at radius 2 is 1.81 bits per heavy atom. The minimum absolute atomic E-state index is 0.191. The average molecular weight is 395 g/mol. The second kappa shape index (κ2) is 9.46. The molecule has 5 nitrogen and oxygen atoms in total. The van der Waals surface area contributed by atoms with Crippen LogP contribution in [0.5, 0.6) is 5.75 Å². The van der Waals surface area contributed by atoms with E-state index in [1.807, 2.05) is 6.07 Å². The molecule has 2 rings (SSSR count). The Hall–Kier alpha value is -2.24. The molecule has 0 radical (unpaired) electrons. The monoisotopic (exact) mass is 394 g/mol. The van der Waals surface area contributed by atoms with Crippen molar-refractivity contribution in [2.45, 2.75) is 19.5 Å². The van der Waals surface area contributed by atoms with E-state index in [2.05, 4.69) is 5.32 Å². The lowest BCUT2D eigenvalue weighted by Crippen LogP contribution is -2.48. The number of halogens is 2. The zero-order chi connectivity index (χ0) is 19.1. The molecular formula is C19H20Cl2N2O3. The number of nitrogens with zero attached hydrogens (tertiary/aromatic N) is 1. The van der Waals surface area contributed by atoms with Crippen LogP contribution >= 0.6 is 23.2 Å². The van der Waals surface area contributed by atoms with Gasteiger partial charge in [-0.05, 0) is 48.9 Å². The second-order valence-corrected chi connectivity index (χ2v) is 6.56. The highest BCUT2D eigenvalue weighted by atomic mass is 35.5. The third kappa shape index (κ3) is 5.64. The van der Waals surface area contributed by atoms with Crippen LogP contribution in [-0.4, -0.2) is 36.4 Å². The van der Waals surface area contributed by atoms with E-state index >= 15 is 0 Å². The van der Waals surface area contributed by atoms with Gasteiger partial charge in [0.15, 0.2) is 6.61 Å². The zero-order valence-electron chi connectivity index (χ0n) is 14.5. The van der Waals surface area contributed by atoms with E-state index in [0.717, 1.165) is 5.56 Å². The maximum absolute atomic E-state index is 12.7. The van der Waals surface area contributed by atoms with Gasteiger partial charge in [0.1, 0.15) is 11.8 Å². The quantitative estimate of drug-likeness (QED) is 0.780. The number of likely N-dealkylation sites (N-methyl/N-ethyl adjacent to an activating group) is 1. The minimum atomic E-state index is -0.653. The van der Waals surface area contributed by atoms with Gasteiger partial charge in [-0.15, -0.1) is 0 Å². The van der Waals surface area contributed by atoms with E-state index in [9.17, 15) is 9.59 Å². The van der Waals surface area contributed by atoms with E-state index in [1.54, 1.807) is 49.4 Å². The Kier molecular flexibility index (Phi) is 7.30. The van der Waals surface area contributed by atoms with Crippen molar-refractivity contribution >= 4 is 35.0 Å². The molecule has 0 aliphatic heterocycles. The first-order chi connectivity index (χ1) is 12.4. The fourth-order valence-electron chi connectivity index (χ4n) is 2.38. The molecule has 0 heterocycles. The Labute approximate surface area is 162 Å². The third-order valence-corrected chi connectivity index (χ3v) is 4.32. The number of hydrogen-bond donors (Lipinski definition) is 1. The number of nitrogens with one attached hydrogen (secondary N) is 1. The molecule has 0 fully saturated rings. The number of benzene rings is 2. The Balaban J connectivity index is 2.12. The number of amides is 2. The molecule has 2 aromatic rings. The van der Waals surface area contributed by atoms with Crippen molar-refractivity contribution in [3.05, 3.63) is 64.1 Å². The standard InChI is InChI=1S/C19H20Cl2N2O3/c1-13(19(25)22-2)23(11-14-4-3-5-16(21)10-14)18(24)12-26-17-8-6-15(20)7-9-17/h3-10,13H,11-12H2,1-2H3,(H,22,25)/t13-/m1/s1. The molecule has 2 amide bonds. The average Bonchev–Trinajstić information content (AvgIpc) is 2.64. The first-order valence-electron chi connectivity index (χ1n) is 8.04. The number of ether oxygens (including phenoxy) is 1. The van der Waals surface area contributed by atoms with Gasteiger partial charge in [-0.1, -0.05) is 35.3 Å². The Bertz CT molecular complexity index is 766. The Morgan fingerprint density at radius 1 is 1.12 bits per heavy atom. The molecule has 0 saturated carbocycles. The Morgan fingerprint density at radius 3 is 2.42 bits per heavy atom. The molecule has 0 aliphatic carbocycles. The summed E-state index contributed by atoms with van der Waals surface area (Å²) in [5.74, 6) is -0.0408. The number of carbonyl (C=O) groups excluding carboxylic acids is 2. The van der Waals surface area contributed by atoms with Crippen LogP contribution < -0.4 is 10.1 Å². The molecule has 26 heavy (non-hydrogen) atoms. The first kappa shape index (κ1) is 20.1. The highest BCUT2D eigenvalue weighted by Crippen LogP contribution is 2.17. The predicted molar refractivity (Wildman–Crippen MR) is 102 cm³/mol. The fraction of sp³-hybridized carbons (Fsp3) is 0.263. The van der Waals surface area contributed by atoms with Crippen molar-refractivity contribution < 1.29 is 14.3 Å². The summed E-state index contributed by atoms with van der Waals surface area (Å²) in [6.07, 6.45) is 0. The lowest BCUT2D eigenvalue weighted by molar-refractivity contribution is -0.142. The van der Waals surface area contributed by atoms with Crippen LogP contribution in [0.3, 0.4) is 0 Å². The maximum Gasteiger partial charge on any atom is 0.261 e. The lowest BCUT2D eigenvalue weighted by Gasteiger charge is -2.28. The summed E-state index contributed by atoms with van der Waals surface area (Å²) in [6, 6.07) is 13.2. The molecule has 0 saturated heterocycles. The van der Waals surface area contributed by atoms with Crippen molar-refractivity contribution in [1.29, 1.82) is 0 Å². The highest BCUT2D eigenvalue weighted by Gasteiger charge is 2.25. The number of carbonyl (C=O) groups is 2. The highest BCUT2D eigenvalue weighted by molar-refractivity contribution is 6.30. The summed E-state index contributed by atoms with van der Waals surface area (Å²) in [7, 11) is 1.53. The van der Waals surface area contributed by atoms with E-state index in [4.69, 9.17) is 27.9 Å². The summed E-state index contributed by atoms with van der Waals surface area (Å²) in [5, 5.41) is 3.72. The van der Waals surface area contributed by atoms with Crippen LogP contribution in [0, 0.1) is 0 Å². The topological polar surface area (TPSA) is 58.6 Å². The third-order valence-electron chi connectivity index (χ3n) is 3.83. The predicted octanol–water partition coefficient (Wildman–Crippen LogP) is 3.54. The number of rotatable bonds is 7. The van der Waals surface area contributed by atoms with Gasteiger partial charge in [-0.25, -0.2) is 0 Å². The van der Waals surface area contributed by atoms with Crippen LogP contribution in [0.25, 0.3) is 0 Å². The van der Waals surface area contributed by atoms with Crippen LogP contribution in [-0.2, 0) is 16.1 Å². The molecule has 0 bridgehead atoms. The minimum Gasteiger partial charge on any atom is -0.484 e. The smallest absolute Gasteiger partial charge is 0.261 e. The number of hydrogen-bond acceptors (Lipinski definition) is 3. The fourth-order valence-corrected chi connectivity index (χ4v) is 2.72. The summed E-state index contributed by atoms with van der Waals surface area (Å²) in [5.41, 5.74) is 0.827. The summed E-state index contributed by atoms with van der Waals surface area (Å²) in [6.45, 7) is 1.73. The van der Waals surface area contributed by atoms with Gasteiger partial charge in [0, 0.05) is 23.6 Å². The van der Waals surface area contributed by atoms with Crippen molar-refractivity contribution in [1.82, 2.24) is 10.2 Å². The molecule has 7 heteroatoms. The van der Waals surface area contributed by atoms with Crippen molar-refractivity contribution in [3.8, 4) is 5.75 Å². The van der Waals surface area contributed by atoms with E-state index in [-0.39, 0.29) is 25.0 Å². The molecule has 1 atom stereocenters. The van der Waals surface area contributed by atoms with Crippen LogP contribution in [0.4, 0.5) is 0 Å². The maximum atomic E-state index is 12.7. The summed E-state index contributed by atoms with van der Waals surface area (Å²) < 4.78 is 5.52. The molecule has 2 aromatic carbocycles. The van der Waals surface area contributed by atoms with Gasteiger partial charge in [-0.2, -0.15) is 0 Å². The summed E-state index contributed by atoms with van der Waals surface area (Å²) in [4.78, 5) is 26.2. The van der Waals surface area contributed by atoms with Gasteiger partial charge >= 0.3 is 0 Å². The molecule has 1 N–H and O–H groups in total. The molecule has 0 aliphatic rings. The van der Waals surface area contributed by atoms with Crippen molar-refractivity contribution in [2.24, 2.45) is 0 Å². The van der Waals surface area contributed by atoms with E-state index in [0.29, 0.717) is 15.8 Å². The van der Waals surface area contributed by atoms with Crippen molar-refractivity contribution in [3.63, 3.8) is 0 Å². The van der Waals surface area contributed by atoms with Gasteiger partial charge in [0.25, 0.3) is 5.91 Å². The molecule has 0 aromatic heterocycles. The van der Waals surface area contributed by atoms with E-state index in [1.165, 1.54) is 11.9 Å². The van der Waals surface area contributed by atoms with Crippen LogP contribution in [0.15, 0.2) is 48.5 Å². The zero-order valence-corrected chi connectivity index (χ0v) is 16.1. The lowest BCUT2D eigenvalue weighted by atomic mass is 10.1. The second-order valence-electron chi connectivity index (χ2n) is 5.68. The van der Waals surface area contributed by atoms with Crippen LogP contribution in [0.2, 0.25) is 10.0 Å². The summed E-state index contributed by atoms with van der Waals surface area (Å²) >= 11 is 11.8. The van der Waals surface area contributed by atoms with Crippen molar-refractivity contribution in [2.75, 3.05) is 13.7 Å². The molecule has 138 valence electrons. The van der Waals surface area contributed by atoms with E-state index < -0.39 is 6.04 Å². The van der Waals surface area contributed by atoms with Gasteiger partial charge in [-0.3, -0.25) is 9.59 Å². The SMILES string of the molecule is CNC(=O)[C@@H](C)N(Cc1cccc(Cl)c1)C(=O)COc1ccc(Cl)cc1. The van der Waals surface area contributed by atoms with Gasteiger partial charge in [0.05, 0.1) is 0 Å². The van der Waals surface area contributed by atoms with Gasteiger partial charge in [0.2, 0.25) is 5.91 Å². The molecule has 0 unspecified atom stereocenters.